The Bertz CT molecular complexity index is 1000. The van der Waals surface area contributed by atoms with Gasteiger partial charge in [-0.15, -0.1) is 0 Å². The lowest BCUT2D eigenvalue weighted by atomic mass is 9.83. The van der Waals surface area contributed by atoms with Gasteiger partial charge in [-0.05, 0) is 59.2 Å². The van der Waals surface area contributed by atoms with E-state index in [1.807, 2.05) is 6.20 Å². The van der Waals surface area contributed by atoms with Crippen LogP contribution in [0.1, 0.15) is 37.2 Å². The van der Waals surface area contributed by atoms with Crippen molar-refractivity contribution in [3.63, 3.8) is 0 Å². The number of benzene rings is 1. The van der Waals surface area contributed by atoms with Gasteiger partial charge in [-0.1, -0.05) is 30.3 Å². The Morgan fingerprint density at radius 1 is 1.00 bits per heavy atom. The fourth-order valence-corrected chi connectivity index (χ4v) is 4.83. The van der Waals surface area contributed by atoms with Crippen LogP contribution in [-0.4, -0.2) is 42.4 Å². The van der Waals surface area contributed by atoms with Gasteiger partial charge in [-0.3, -0.25) is 4.98 Å². The maximum absolute atomic E-state index is 6.51. The number of nitrogens with zero attached hydrogens (tertiary/aromatic N) is 3. The van der Waals surface area contributed by atoms with E-state index in [1.165, 1.54) is 5.56 Å². The molecular weight excluding hydrogens is 442 g/mol. The van der Waals surface area contributed by atoms with Crippen LogP contribution in [-0.2, 0) is 4.74 Å². The standard InChI is InChI=1S/C24H26BrN3O2/c25-19-14-21-22(26-16-19)15-23(28-10-12-29-13-11-28)27-24(21)30-20-8-6-18(7-9-20)17-4-2-1-3-5-17/h1-5,14-16,18,20H,6-13H2. The van der Waals surface area contributed by atoms with E-state index >= 15 is 0 Å². The molecule has 0 unspecified atom stereocenters. The Morgan fingerprint density at radius 3 is 2.53 bits per heavy atom. The molecule has 5 rings (SSSR count). The lowest BCUT2D eigenvalue weighted by Gasteiger charge is -2.31. The molecular formula is C24H26BrN3O2. The zero-order chi connectivity index (χ0) is 20.3. The van der Waals surface area contributed by atoms with Crippen LogP contribution >= 0.6 is 15.9 Å². The first-order chi connectivity index (χ1) is 14.8. The molecule has 1 saturated heterocycles. The predicted octanol–water partition coefficient (Wildman–Crippen LogP) is 5.33. The molecule has 0 N–H and O–H groups in total. The third-order valence-corrected chi connectivity index (χ3v) is 6.59. The van der Waals surface area contributed by atoms with Crippen LogP contribution in [0.3, 0.4) is 0 Å². The lowest BCUT2D eigenvalue weighted by molar-refractivity contribution is 0.122. The predicted molar refractivity (Wildman–Crippen MR) is 122 cm³/mol. The van der Waals surface area contributed by atoms with E-state index in [0.717, 1.165) is 73.2 Å². The zero-order valence-electron chi connectivity index (χ0n) is 17.0. The van der Waals surface area contributed by atoms with E-state index in [1.54, 1.807) is 0 Å². The molecule has 0 spiro atoms. The smallest absolute Gasteiger partial charge is 0.225 e. The number of pyridine rings is 2. The van der Waals surface area contributed by atoms with E-state index in [0.29, 0.717) is 11.8 Å². The minimum Gasteiger partial charge on any atom is -0.474 e. The quantitative estimate of drug-likeness (QED) is 0.518. The third kappa shape index (κ3) is 4.30. The summed E-state index contributed by atoms with van der Waals surface area (Å²) in [4.78, 5) is 11.8. The number of halogens is 1. The average Bonchev–Trinajstić information content (AvgIpc) is 2.81. The molecule has 156 valence electrons. The summed E-state index contributed by atoms with van der Waals surface area (Å²) in [5.74, 6) is 2.26. The molecule has 1 saturated carbocycles. The highest BCUT2D eigenvalue weighted by Crippen LogP contribution is 2.36. The van der Waals surface area contributed by atoms with Crippen molar-refractivity contribution >= 4 is 32.7 Å². The number of hydrogen-bond acceptors (Lipinski definition) is 5. The normalized spacial score (nSPS) is 22.2. The van der Waals surface area contributed by atoms with E-state index in [-0.39, 0.29) is 6.10 Å². The SMILES string of the molecule is Brc1cnc2cc(N3CCOCC3)nc(OC3CCC(c4ccccc4)CC3)c2c1. The third-order valence-electron chi connectivity index (χ3n) is 6.16. The van der Waals surface area contributed by atoms with Crippen LogP contribution in [0, 0.1) is 0 Å². The maximum Gasteiger partial charge on any atom is 0.225 e. The van der Waals surface area contributed by atoms with Crippen molar-refractivity contribution in [2.24, 2.45) is 0 Å². The first-order valence-electron chi connectivity index (χ1n) is 10.8. The summed E-state index contributed by atoms with van der Waals surface area (Å²) in [6, 6.07) is 15.0. The molecule has 0 bridgehead atoms. The van der Waals surface area contributed by atoms with E-state index in [9.17, 15) is 0 Å². The van der Waals surface area contributed by atoms with Crippen LogP contribution in [0.4, 0.5) is 5.82 Å². The van der Waals surface area contributed by atoms with E-state index in [4.69, 9.17) is 14.5 Å². The fourth-order valence-electron chi connectivity index (χ4n) is 4.50. The number of rotatable bonds is 4. The van der Waals surface area contributed by atoms with Gasteiger partial charge >= 0.3 is 0 Å². The van der Waals surface area contributed by atoms with Gasteiger partial charge in [0, 0.05) is 29.8 Å². The maximum atomic E-state index is 6.51. The fraction of sp³-hybridized carbons (Fsp3) is 0.417. The molecule has 2 aromatic heterocycles. The molecule has 0 amide bonds. The molecule has 30 heavy (non-hydrogen) atoms. The molecule has 0 radical (unpaired) electrons. The topological polar surface area (TPSA) is 47.5 Å². The van der Waals surface area contributed by atoms with Crippen LogP contribution in [0.15, 0.2) is 53.1 Å². The summed E-state index contributed by atoms with van der Waals surface area (Å²) < 4.78 is 12.9. The summed E-state index contributed by atoms with van der Waals surface area (Å²) in [5.41, 5.74) is 2.37. The number of ether oxygens (including phenoxy) is 2. The number of hydrogen-bond donors (Lipinski definition) is 0. The number of morpholine rings is 1. The Labute approximate surface area is 185 Å². The molecule has 1 aliphatic heterocycles. The van der Waals surface area contributed by atoms with Crippen molar-refractivity contribution in [2.75, 3.05) is 31.2 Å². The summed E-state index contributed by atoms with van der Waals surface area (Å²) in [5, 5.41) is 0.964. The second-order valence-electron chi connectivity index (χ2n) is 8.11. The van der Waals surface area contributed by atoms with Crippen LogP contribution < -0.4 is 9.64 Å². The molecule has 3 aromatic rings. The highest BCUT2D eigenvalue weighted by Gasteiger charge is 2.25. The minimum atomic E-state index is 0.194. The van der Waals surface area contributed by atoms with Gasteiger partial charge in [-0.25, -0.2) is 0 Å². The molecule has 2 fully saturated rings. The zero-order valence-corrected chi connectivity index (χ0v) is 18.6. The second-order valence-corrected chi connectivity index (χ2v) is 9.02. The average molecular weight is 468 g/mol. The Hall–Kier alpha value is -2.18. The summed E-state index contributed by atoms with van der Waals surface area (Å²) >= 11 is 3.55. The highest BCUT2D eigenvalue weighted by molar-refractivity contribution is 9.10. The van der Waals surface area contributed by atoms with Crippen LogP contribution in [0.2, 0.25) is 0 Å². The van der Waals surface area contributed by atoms with Gasteiger partial charge < -0.3 is 14.4 Å². The van der Waals surface area contributed by atoms with Crippen molar-refractivity contribution in [3.05, 3.63) is 58.7 Å². The number of aromatic nitrogens is 2. The summed E-state index contributed by atoms with van der Waals surface area (Å²) in [6.07, 6.45) is 6.42. The Balaban J connectivity index is 1.37. The van der Waals surface area contributed by atoms with Gasteiger partial charge in [0.25, 0.3) is 0 Å². The highest BCUT2D eigenvalue weighted by atomic mass is 79.9. The molecule has 6 heteroatoms. The Morgan fingerprint density at radius 2 is 1.77 bits per heavy atom. The first-order valence-corrected chi connectivity index (χ1v) is 11.6. The van der Waals surface area contributed by atoms with Gasteiger partial charge in [0.2, 0.25) is 5.88 Å². The van der Waals surface area contributed by atoms with Gasteiger partial charge in [0.15, 0.2) is 0 Å². The minimum absolute atomic E-state index is 0.194. The second kappa shape index (κ2) is 8.90. The largest absolute Gasteiger partial charge is 0.474 e. The van der Waals surface area contributed by atoms with Crippen LogP contribution in [0.25, 0.3) is 10.9 Å². The monoisotopic (exact) mass is 467 g/mol. The molecule has 3 heterocycles. The molecule has 2 aliphatic rings. The summed E-state index contributed by atoms with van der Waals surface area (Å²) in [6.45, 7) is 3.15. The van der Waals surface area contributed by atoms with Crippen molar-refractivity contribution < 1.29 is 9.47 Å². The van der Waals surface area contributed by atoms with Gasteiger partial charge in [0.05, 0.1) is 24.1 Å². The molecule has 0 atom stereocenters. The van der Waals surface area contributed by atoms with Crippen molar-refractivity contribution in [1.29, 1.82) is 0 Å². The van der Waals surface area contributed by atoms with Gasteiger partial charge in [0.1, 0.15) is 11.9 Å². The first kappa shape index (κ1) is 19.8. The van der Waals surface area contributed by atoms with E-state index < -0.39 is 0 Å². The number of fused-ring (bicyclic) bond motifs is 1. The Kier molecular flexibility index (Phi) is 5.86. The molecule has 1 aliphatic carbocycles. The summed E-state index contributed by atoms with van der Waals surface area (Å²) in [7, 11) is 0. The van der Waals surface area contributed by atoms with E-state index in [2.05, 4.69) is 68.3 Å². The van der Waals surface area contributed by atoms with Gasteiger partial charge in [-0.2, -0.15) is 4.98 Å². The van der Waals surface area contributed by atoms with Crippen molar-refractivity contribution in [2.45, 2.75) is 37.7 Å². The van der Waals surface area contributed by atoms with Crippen LogP contribution in [0.5, 0.6) is 5.88 Å². The lowest BCUT2D eigenvalue weighted by Crippen LogP contribution is -2.36. The molecule has 1 aromatic carbocycles. The van der Waals surface area contributed by atoms with Crippen molar-refractivity contribution in [3.8, 4) is 5.88 Å². The number of anilines is 1. The van der Waals surface area contributed by atoms with Crippen molar-refractivity contribution in [1.82, 2.24) is 9.97 Å². The molecule has 5 nitrogen and oxygen atoms in total.